The predicted molar refractivity (Wildman–Crippen MR) is 88.8 cm³/mol. The summed E-state index contributed by atoms with van der Waals surface area (Å²) in [6.07, 6.45) is 1.29. The Bertz CT molecular complexity index is 541. The van der Waals surface area contributed by atoms with Gasteiger partial charge in [-0.05, 0) is 50.9 Å². The molecule has 3 rings (SSSR count). The number of likely N-dealkylation sites (tertiary alicyclic amines) is 1. The minimum Gasteiger partial charge on any atom is -0.482 e. The molecule has 0 aliphatic carbocycles. The van der Waals surface area contributed by atoms with Crippen LogP contribution in [0.15, 0.2) is 24.3 Å². The van der Waals surface area contributed by atoms with Crippen molar-refractivity contribution in [1.29, 1.82) is 0 Å². The molecule has 1 fully saturated rings. The molecule has 1 N–H and O–H groups in total. The van der Waals surface area contributed by atoms with Crippen molar-refractivity contribution >= 4 is 5.91 Å². The van der Waals surface area contributed by atoms with Gasteiger partial charge in [-0.2, -0.15) is 0 Å². The Kier molecular flexibility index (Phi) is 5.06. The van der Waals surface area contributed by atoms with Gasteiger partial charge in [0.2, 0.25) is 6.10 Å². The van der Waals surface area contributed by atoms with Crippen LogP contribution in [0, 0.1) is 5.92 Å². The van der Waals surface area contributed by atoms with E-state index in [1.165, 1.54) is 0 Å². The quantitative estimate of drug-likeness (QED) is 0.923. The molecule has 2 aliphatic heterocycles. The van der Waals surface area contributed by atoms with Crippen molar-refractivity contribution in [2.45, 2.75) is 38.9 Å². The molecule has 1 amide bonds. The van der Waals surface area contributed by atoms with Crippen LogP contribution in [0.1, 0.15) is 26.7 Å². The minimum atomic E-state index is -0.546. The van der Waals surface area contributed by atoms with Crippen molar-refractivity contribution in [2.24, 2.45) is 5.92 Å². The molecule has 2 heterocycles. The van der Waals surface area contributed by atoms with Gasteiger partial charge in [-0.3, -0.25) is 4.79 Å². The Hall–Kier alpha value is -1.75. The van der Waals surface area contributed by atoms with Crippen LogP contribution in [-0.2, 0) is 4.79 Å². The van der Waals surface area contributed by atoms with Crippen LogP contribution in [0.25, 0.3) is 0 Å². The molecule has 0 spiro atoms. The number of carbonyl (C=O) groups is 1. The van der Waals surface area contributed by atoms with E-state index in [4.69, 9.17) is 9.47 Å². The molecule has 23 heavy (non-hydrogen) atoms. The molecule has 5 heteroatoms. The highest BCUT2D eigenvalue weighted by Gasteiger charge is 2.37. The maximum atomic E-state index is 12.8. The summed E-state index contributed by atoms with van der Waals surface area (Å²) in [6, 6.07) is 7.53. The molecule has 1 aromatic carbocycles. The van der Waals surface area contributed by atoms with Crippen LogP contribution in [0.3, 0.4) is 0 Å². The van der Waals surface area contributed by atoms with Gasteiger partial charge in [-0.25, -0.2) is 0 Å². The highest BCUT2D eigenvalue weighted by atomic mass is 16.6. The summed E-state index contributed by atoms with van der Waals surface area (Å²) in [6.45, 7) is 7.69. The average Bonchev–Trinajstić information content (AvgIpc) is 2.59. The van der Waals surface area contributed by atoms with E-state index in [-0.39, 0.29) is 12.0 Å². The van der Waals surface area contributed by atoms with Gasteiger partial charge >= 0.3 is 0 Å². The lowest BCUT2D eigenvalue weighted by Gasteiger charge is -2.37. The van der Waals surface area contributed by atoms with E-state index in [1.54, 1.807) is 0 Å². The molecule has 0 aromatic heterocycles. The van der Waals surface area contributed by atoms with Crippen molar-refractivity contribution in [1.82, 2.24) is 10.2 Å². The molecule has 0 bridgehead atoms. The molecule has 0 saturated carbocycles. The molecular formula is C18H26N2O3. The number of para-hydroxylation sites is 2. The molecule has 2 aliphatic rings. The summed E-state index contributed by atoms with van der Waals surface area (Å²) in [5, 5.41) is 3.40. The van der Waals surface area contributed by atoms with E-state index >= 15 is 0 Å². The number of rotatable bonds is 4. The molecule has 2 atom stereocenters. The molecular weight excluding hydrogens is 292 g/mol. The Labute approximate surface area is 137 Å². The Morgan fingerprint density at radius 1 is 1.22 bits per heavy atom. The minimum absolute atomic E-state index is 0.0499. The van der Waals surface area contributed by atoms with Crippen LogP contribution < -0.4 is 14.8 Å². The van der Waals surface area contributed by atoms with Crippen molar-refractivity contribution in [3.05, 3.63) is 24.3 Å². The van der Waals surface area contributed by atoms with Gasteiger partial charge < -0.3 is 19.7 Å². The first-order valence-corrected chi connectivity index (χ1v) is 8.61. The van der Waals surface area contributed by atoms with E-state index < -0.39 is 6.10 Å². The highest BCUT2D eigenvalue weighted by molar-refractivity contribution is 5.82. The zero-order valence-electron chi connectivity index (χ0n) is 14.0. The van der Waals surface area contributed by atoms with Crippen molar-refractivity contribution in [2.75, 3.05) is 26.2 Å². The van der Waals surface area contributed by atoms with Crippen LogP contribution in [0.4, 0.5) is 0 Å². The smallest absolute Gasteiger partial charge is 0.267 e. The van der Waals surface area contributed by atoms with Crippen LogP contribution in [0.5, 0.6) is 11.5 Å². The zero-order chi connectivity index (χ0) is 16.2. The highest BCUT2D eigenvalue weighted by Crippen LogP contribution is 2.34. The van der Waals surface area contributed by atoms with Gasteiger partial charge in [0, 0.05) is 13.1 Å². The predicted octanol–water partition coefficient (Wildman–Crippen LogP) is 2.06. The second kappa shape index (κ2) is 7.21. The number of carbonyl (C=O) groups excluding carboxylic acids is 1. The molecule has 126 valence electrons. The number of hydrogen-bond donors (Lipinski definition) is 1. The van der Waals surface area contributed by atoms with E-state index in [0.29, 0.717) is 17.4 Å². The fourth-order valence-corrected chi connectivity index (χ4v) is 3.28. The van der Waals surface area contributed by atoms with Gasteiger partial charge in [0.05, 0.1) is 0 Å². The second-order valence-corrected chi connectivity index (χ2v) is 6.38. The summed E-state index contributed by atoms with van der Waals surface area (Å²) >= 11 is 0. The van der Waals surface area contributed by atoms with Crippen LogP contribution >= 0.6 is 0 Å². The number of nitrogens with one attached hydrogen (secondary N) is 1. The van der Waals surface area contributed by atoms with Crippen molar-refractivity contribution in [3.63, 3.8) is 0 Å². The lowest BCUT2D eigenvalue weighted by molar-refractivity contribution is -0.145. The number of fused-ring (bicyclic) bond motifs is 1. The average molecular weight is 318 g/mol. The number of amides is 1. The SMILES string of the molecule is CCNCC1CCN(C(=O)C2Oc3ccccc3OC2C)CC1. The van der Waals surface area contributed by atoms with E-state index in [2.05, 4.69) is 12.2 Å². The molecule has 5 nitrogen and oxygen atoms in total. The summed E-state index contributed by atoms with van der Waals surface area (Å²) in [7, 11) is 0. The molecule has 1 aromatic rings. The standard InChI is InChI=1S/C18H26N2O3/c1-3-19-12-14-8-10-20(11-9-14)18(21)17-13(2)22-15-6-4-5-7-16(15)23-17/h4-7,13-14,17,19H,3,8-12H2,1-2H3. The van der Waals surface area contributed by atoms with E-state index in [0.717, 1.165) is 39.0 Å². The van der Waals surface area contributed by atoms with E-state index in [9.17, 15) is 4.79 Å². The fourth-order valence-electron chi connectivity index (χ4n) is 3.28. The van der Waals surface area contributed by atoms with Crippen molar-refractivity contribution < 1.29 is 14.3 Å². The molecule has 0 radical (unpaired) electrons. The van der Waals surface area contributed by atoms with Gasteiger partial charge in [-0.15, -0.1) is 0 Å². The number of nitrogens with zero attached hydrogens (tertiary/aromatic N) is 1. The van der Waals surface area contributed by atoms with Gasteiger partial charge in [0.15, 0.2) is 11.5 Å². The molecule has 1 saturated heterocycles. The van der Waals surface area contributed by atoms with Crippen LogP contribution in [-0.4, -0.2) is 49.2 Å². The lowest BCUT2D eigenvalue weighted by Crippen LogP contribution is -2.52. The topological polar surface area (TPSA) is 50.8 Å². The third-order valence-corrected chi connectivity index (χ3v) is 4.69. The summed E-state index contributed by atoms with van der Waals surface area (Å²) in [4.78, 5) is 14.7. The maximum Gasteiger partial charge on any atom is 0.267 e. The second-order valence-electron chi connectivity index (χ2n) is 6.38. The number of ether oxygens (including phenoxy) is 2. The van der Waals surface area contributed by atoms with Gasteiger partial charge in [0.25, 0.3) is 5.91 Å². The van der Waals surface area contributed by atoms with Gasteiger partial charge in [0.1, 0.15) is 6.10 Å². The first-order valence-electron chi connectivity index (χ1n) is 8.61. The number of benzene rings is 1. The fraction of sp³-hybridized carbons (Fsp3) is 0.611. The summed E-state index contributed by atoms with van der Waals surface area (Å²) < 4.78 is 11.8. The van der Waals surface area contributed by atoms with Crippen molar-refractivity contribution in [3.8, 4) is 11.5 Å². The summed E-state index contributed by atoms with van der Waals surface area (Å²) in [5.41, 5.74) is 0. The first kappa shape index (κ1) is 16.1. The largest absolute Gasteiger partial charge is 0.482 e. The Morgan fingerprint density at radius 3 is 2.52 bits per heavy atom. The Morgan fingerprint density at radius 2 is 1.87 bits per heavy atom. The lowest BCUT2D eigenvalue weighted by atomic mass is 9.96. The number of piperidine rings is 1. The summed E-state index contributed by atoms with van der Waals surface area (Å²) in [5.74, 6) is 2.09. The van der Waals surface area contributed by atoms with E-state index in [1.807, 2.05) is 36.1 Å². The number of hydrogen-bond acceptors (Lipinski definition) is 4. The van der Waals surface area contributed by atoms with Gasteiger partial charge in [-0.1, -0.05) is 19.1 Å². The maximum absolute atomic E-state index is 12.8. The normalized spacial score (nSPS) is 24.5. The third-order valence-electron chi connectivity index (χ3n) is 4.69. The molecule has 2 unspecified atom stereocenters. The zero-order valence-corrected chi connectivity index (χ0v) is 14.0. The first-order chi connectivity index (χ1) is 11.2. The Balaban J connectivity index is 1.59. The third kappa shape index (κ3) is 3.61. The monoisotopic (exact) mass is 318 g/mol. The van der Waals surface area contributed by atoms with Crippen LogP contribution in [0.2, 0.25) is 0 Å².